The molecule has 1 heterocycles. The molecule has 0 aliphatic carbocycles. The number of H-pyrrole nitrogens is 2. The average Bonchev–Trinajstić information content (AvgIpc) is 1.59. The van der Waals surface area contributed by atoms with Gasteiger partial charge in [0.05, 0.1) is 11.8 Å². The van der Waals surface area contributed by atoms with Crippen molar-refractivity contribution in [2.24, 2.45) is 0 Å². The predicted octanol–water partition coefficient (Wildman–Crippen LogP) is -0.920. The summed E-state index contributed by atoms with van der Waals surface area (Å²) in [6, 6.07) is 1.44. The fourth-order valence-electron chi connectivity index (χ4n) is 0.645. The lowest BCUT2D eigenvalue weighted by molar-refractivity contribution is -0.374. The number of hydrogen-bond donors (Lipinski definition) is 2. The van der Waals surface area contributed by atoms with E-state index in [1.54, 1.807) is 6.92 Å². The summed E-state index contributed by atoms with van der Waals surface area (Å²) in [7, 11) is 0. The Morgan fingerprint density at radius 1 is 1.78 bits per heavy atom. The zero-order chi connectivity index (χ0) is 6.85. The zero-order valence-corrected chi connectivity index (χ0v) is 5.06. The summed E-state index contributed by atoms with van der Waals surface area (Å²) in [6.45, 7) is 1.77. The zero-order valence-electron chi connectivity index (χ0n) is 5.06. The van der Waals surface area contributed by atoms with Gasteiger partial charge in [-0.25, -0.2) is 9.97 Å². The highest BCUT2D eigenvalue weighted by Crippen LogP contribution is 1.78. The molecule has 48 valence electrons. The van der Waals surface area contributed by atoms with E-state index in [1.165, 1.54) is 6.07 Å². The number of aromatic amines is 2. The molecule has 0 aliphatic rings. The molecule has 0 aliphatic heterocycles. The largest absolute Gasteiger partial charge is 0.353 e. The molecule has 0 bridgehead atoms. The third kappa shape index (κ3) is 1.28. The Kier molecular flexibility index (Phi) is 1.22. The smallest absolute Gasteiger partial charge is 0.290 e. The number of nitrogens with one attached hydrogen (secondary N) is 2. The maximum Gasteiger partial charge on any atom is 0.353 e. The number of nitrogens with two attached hydrogens (primary N) is 1. The van der Waals surface area contributed by atoms with Gasteiger partial charge in [0.1, 0.15) is 0 Å². The van der Waals surface area contributed by atoms with Gasteiger partial charge in [0.15, 0.2) is 0 Å². The Hall–Kier alpha value is -1.32. The van der Waals surface area contributed by atoms with Crippen LogP contribution in [0.2, 0.25) is 0 Å². The number of aromatic nitrogens is 2. The van der Waals surface area contributed by atoms with Gasteiger partial charge < -0.3 is 0 Å². The van der Waals surface area contributed by atoms with Crippen molar-refractivity contribution in [3.8, 4) is 0 Å². The number of nitrogen functional groups attached to an aromatic ring is 1. The minimum absolute atomic E-state index is 0.177. The van der Waals surface area contributed by atoms with E-state index in [0.29, 0.717) is 5.95 Å². The van der Waals surface area contributed by atoms with Crippen LogP contribution < -0.4 is 16.3 Å². The Labute approximate surface area is 51.7 Å². The topological polar surface area (TPSA) is 73.0 Å². The van der Waals surface area contributed by atoms with Gasteiger partial charge in [-0.15, -0.1) is 0 Å². The number of rotatable bonds is 0. The molecule has 0 aromatic carbocycles. The van der Waals surface area contributed by atoms with Crippen LogP contribution >= 0.6 is 0 Å². The van der Waals surface area contributed by atoms with E-state index in [0.717, 1.165) is 5.69 Å². The molecule has 0 radical (unpaired) electrons. The van der Waals surface area contributed by atoms with Crippen molar-refractivity contribution in [2.75, 3.05) is 5.73 Å². The fourth-order valence-corrected chi connectivity index (χ4v) is 0.645. The molecular weight excluding hydrogens is 118 g/mol. The van der Waals surface area contributed by atoms with Gasteiger partial charge in [-0.3, -0.25) is 10.5 Å². The molecule has 0 atom stereocenters. The monoisotopic (exact) mass is 126 g/mol. The molecule has 1 aromatic rings. The first-order valence-corrected chi connectivity index (χ1v) is 2.57. The van der Waals surface area contributed by atoms with Crippen LogP contribution in [0, 0.1) is 6.92 Å². The van der Waals surface area contributed by atoms with Gasteiger partial charge in [-0.2, -0.15) is 0 Å². The normalized spacial score (nSPS) is 9.44. The van der Waals surface area contributed by atoms with Gasteiger partial charge >= 0.3 is 11.5 Å². The Morgan fingerprint density at radius 3 is 2.89 bits per heavy atom. The Bertz CT molecular complexity index is 242. The van der Waals surface area contributed by atoms with E-state index in [-0.39, 0.29) is 5.56 Å². The maximum absolute atomic E-state index is 10.6. The first kappa shape index (κ1) is 5.81. The molecule has 0 spiro atoms. The van der Waals surface area contributed by atoms with Crippen LogP contribution in [0.4, 0.5) is 5.95 Å². The molecule has 0 amide bonds. The molecule has 0 saturated heterocycles. The summed E-state index contributed by atoms with van der Waals surface area (Å²) < 4.78 is 0. The highest BCUT2D eigenvalue weighted by Gasteiger charge is 1.94. The summed E-state index contributed by atoms with van der Waals surface area (Å²) in [5, 5.41) is 0. The van der Waals surface area contributed by atoms with Crippen molar-refractivity contribution in [3.63, 3.8) is 0 Å². The predicted molar refractivity (Wildman–Crippen MR) is 32.8 cm³/mol. The number of hydrogen-bond acceptors (Lipinski definition) is 2. The lowest BCUT2D eigenvalue weighted by atomic mass is 10.5. The van der Waals surface area contributed by atoms with E-state index in [2.05, 4.69) is 9.97 Å². The summed E-state index contributed by atoms with van der Waals surface area (Å²) >= 11 is 0. The second-order valence-electron chi connectivity index (χ2n) is 1.86. The quantitative estimate of drug-likeness (QED) is 0.471. The molecule has 0 fully saturated rings. The highest BCUT2D eigenvalue weighted by molar-refractivity contribution is 5.05. The van der Waals surface area contributed by atoms with Crippen LogP contribution in [0.3, 0.4) is 0 Å². The third-order valence-corrected chi connectivity index (χ3v) is 0.937. The average molecular weight is 126 g/mol. The first-order valence-electron chi connectivity index (χ1n) is 2.57. The van der Waals surface area contributed by atoms with Crippen molar-refractivity contribution in [2.45, 2.75) is 6.92 Å². The second kappa shape index (κ2) is 1.89. The van der Waals surface area contributed by atoms with Gasteiger partial charge in [0.25, 0.3) is 0 Å². The van der Waals surface area contributed by atoms with Crippen LogP contribution in [0.5, 0.6) is 0 Å². The van der Waals surface area contributed by atoms with Gasteiger partial charge in [-0.05, 0) is 6.92 Å². The molecule has 0 unspecified atom stereocenters. The molecule has 0 saturated carbocycles. The first-order chi connectivity index (χ1) is 4.18. The molecule has 9 heavy (non-hydrogen) atoms. The second-order valence-corrected chi connectivity index (χ2v) is 1.86. The van der Waals surface area contributed by atoms with Crippen LogP contribution in [-0.2, 0) is 0 Å². The minimum Gasteiger partial charge on any atom is -0.290 e. The van der Waals surface area contributed by atoms with Crippen molar-refractivity contribution in [3.05, 3.63) is 22.1 Å². The maximum atomic E-state index is 10.6. The van der Waals surface area contributed by atoms with Crippen molar-refractivity contribution < 1.29 is 4.98 Å². The summed E-state index contributed by atoms with van der Waals surface area (Å²) in [5.41, 5.74) is 5.83. The van der Waals surface area contributed by atoms with Crippen molar-refractivity contribution in [1.29, 1.82) is 0 Å². The van der Waals surface area contributed by atoms with E-state index in [4.69, 9.17) is 5.73 Å². The SMILES string of the molecule is Cc1cc(=O)[nH]c(N)[nH+]1. The molecular formula is C5H8N3O+. The molecule has 4 heteroatoms. The van der Waals surface area contributed by atoms with Crippen LogP contribution in [0.25, 0.3) is 0 Å². The van der Waals surface area contributed by atoms with Crippen LogP contribution in [0.15, 0.2) is 10.9 Å². The lowest BCUT2D eigenvalue weighted by Crippen LogP contribution is -2.22. The summed E-state index contributed by atoms with van der Waals surface area (Å²) in [4.78, 5) is 15.7. The van der Waals surface area contributed by atoms with E-state index >= 15 is 0 Å². The standard InChI is InChI=1S/C5H7N3O/c1-3-2-4(9)8-5(6)7-3/h2H,1H3,(H3,6,7,8,9)/p+1. The molecule has 1 rings (SSSR count). The molecule has 4 nitrogen and oxygen atoms in total. The lowest BCUT2D eigenvalue weighted by Gasteiger charge is -1.85. The van der Waals surface area contributed by atoms with Crippen LogP contribution in [-0.4, -0.2) is 4.98 Å². The Morgan fingerprint density at radius 2 is 2.44 bits per heavy atom. The summed E-state index contributed by atoms with van der Waals surface area (Å²) in [6.07, 6.45) is 0. The number of anilines is 1. The van der Waals surface area contributed by atoms with E-state index < -0.39 is 0 Å². The van der Waals surface area contributed by atoms with Gasteiger partial charge in [-0.1, -0.05) is 0 Å². The fraction of sp³-hybridized carbons (Fsp3) is 0.200. The molecule has 4 N–H and O–H groups in total. The van der Waals surface area contributed by atoms with Crippen molar-refractivity contribution in [1.82, 2.24) is 4.98 Å². The van der Waals surface area contributed by atoms with Crippen LogP contribution in [0.1, 0.15) is 5.69 Å². The third-order valence-electron chi connectivity index (χ3n) is 0.937. The minimum atomic E-state index is -0.177. The van der Waals surface area contributed by atoms with Gasteiger partial charge in [0, 0.05) is 0 Å². The van der Waals surface area contributed by atoms with E-state index in [9.17, 15) is 4.79 Å². The number of aryl methyl sites for hydroxylation is 1. The van der Waals surface area contributed by atoms with E-state index in [1.807, 2.05) is 0 Å². The van der Waals surface area contributed by atoms with Crippen molar-refractivity contribution >= 4 is 5.95 Å². The Balaban J connectivity index is 3.33. The molecule has 1 aromatic heterocycles. The highest BCUT2D eigenvalue weighted by atomic mass is 16.1. The summed E-state index contributed by atoms with van der Waals surface area (Å²) in [5.74, 6) is 0.292. The van der Waals surface area contributed by atoms with Gasteiger partial charge in [0.2, 0.25) is 0 Å².